The normalized spacial score (nSPS) is 12.3. The molecule has 6 nitrogen and oxygen atoms in total. The molecule has 0 aromatic heterocycles. The summed E-state index contributed by atoms with van der Waals surface area (Å²) < 4.78 is 16.9. The van der Waals surface area contributed by atoms with Crippen LogP contribution in [0.5, 0.6) is 0 Å². The van der Waals surface area contributed by atoms with Crippen molar-refractivity contribution in [2.24, 2.45) is 0 Å². The van der Waals surface area contributed by atoms with Crippen molar-refractivity contribution in [1.29, 1.82) is 0 Å². The maximum absolute atomic E-state index is 12.8. The fourth-order valence-electron chi connectivity index (χ4n) is 9.09. The predicted molar refractivity (Wildman–Crippen MR) is 307 cm³/mol. The molecule has 1 atom stereocenters. The molecule has 71 heavy (non-hydrogen) atoms. The molecule has 0 aromatic rings. The average molecular weight is 996 g/mol. The third kappa shape index (κ3) is 58.1. The van der Waals surface area contributed by atoms with Crippen molar-refractivity contribution in [2.45, 2.75) is 335 Å². The largest absolute Gasteiger partial charge is 0.462 e. The van der Waals surface area contributed by atoms with Gasteiger partial charge in [-0.2, -0.15) is 0 Å². The molecule has 0 aliphatic carbocycles. The Morgan fingerprint density at radius 3 is 0.817 bits per heavy atom. The van der Waals surface area contributed by atoms with Crippen LogP contribution >= 0.6 is 0 Å². The Bertz CT molecular complexity index is 1230. The van der Waals surface area contributed by atoms with Crippen LogP contribution in [0.15, 0.2) is 48.6 Å². The van der Waals surface area contributed by atoms with E-state index in [4.69, 9.17) is 14.2 Å². The third-order valence-corrected chi connectivity index (χ3v) is 13.8. The third-order valence-electron chi connectivity index (χ3n) is 13.8. The van der Waals surface area contributed by atoms with E-state index in [-0.39, 0.29) is 31.1 Å². The fraction of sp³-hybridized carbons (Fsp3) is 0.831. The first-order chi connectivity index (χ1) is 35.0. The van der Waals surface area contributed by atoms with Gasteiger partial charge in [0.2, 0.25) is 0 Å². The van der Waals surface area contributed by atoms with Gasteiger partial charge in [-0.15, -0.1) is 0 Å². The minimum Gasteiger partial charge on any atom is -0.462 e. The first-order valence-electron chi connectivity index (χ1n) is 31.1. The highest BCUT2D eigenvalue weighted by atomic mass is 16.6. The number of rotatable bonds is 57. The molecule has 0 bridgehead atoms. The van der Waals surface area contributed by atoms with Gasteiger partial charge in [-0.05, 0) is 83.5 Å². The van der Waals surface area contributed by atoms with Crippen molar-refractivity contribution in [3.63, 3.8) is 0 Å². The summed E-state index contributed by atoms with van der Waals surface area (Å²) in [5.41, 5.74) is 0. The number of carbonyl (C=O) groups is 3. The van der Waals surface area contributed by atoms with Crippen LogP contribution in [0.1, 0.15) is 329 Å². The van der Waals surface area contributed by atoms with E-state index in [1.165, 1.54) is 212 Å². The number of hydrogen-bond donors (Lipinski definition) is 0. The summed E-state index contributed by atoms with van der Waals surface area (Å²) in [6.45, 7) is 6.63. The van der Waals surface area contributed by atoms with Crippen LogP contribution in [0.4, 0.5) is 0 Å². The van der Waals surface area contributed by atoms with Gasteiger partial charge in [-0.3, -0.25) is 14.4 Å². The summed E-state index contributed by atoms with van der Waals surface area (Å²) in [6.07, 6.45) is 74.1. The van der Waals surface area contributed by atoms with E-state index in [1.54, 1.807) is 0 Å². The second-order valence-corrected chi connectivity index (χ2v) is 21.0. The molecular formula is C65H118O6. The van der Waals surface area contributed by atoms with Gasteiger partial charge in [-0.1, -0.05) is 275 Å². The van der Waals surface area contributed by atoms with Crippen LogP contribution < -0.4 is 0 Å². The molecule has 0 amide bonds. The Balaban J connectivity index is 4.14. The second kappa shape index (κ2) is 59.9. The molecule has 0 N–H and O–H groups in total. The van der Waals surface area contributed by atoms with Gasteiger partial charge in [0.15, 0.2) is 6.10 Å². The first kappa shape index (κ1) is 68.4. The summed E-state index contributed by atoms with van der Waals surface area (Å²) in [7, 11) is 0. The maximum atomic E-state index is 12.8. The molecule has 0 spiro atoms. The summed E-state index contributed by atoms with van der Waals surface area (Å²) in [4.78, 5) is 38.1. The van der Waals surface area contributed by atoms with Gasteiger partial charge in [-0.25, -0.2) is 0 Å². The monoisotopic (exact) mass is 995 g/mol. The first-order valence-corrected chi connectivity index (χ1v) is 31.1. The van der Waals surface area contributed by atoms with Gasteiger partial charge >= 0.3 is 17.9 Å². The van der Waals surface area contributed by atoms with Crippen molar-refractivity contribution in [3.05, 3.63) is 48.6 Å². The standard InChI is InChI=1S/C65H118O6/c1-4-7-10-13-16-19-22-24-25-26-27-28-29-30-31-32-33-34-35-36-37-38-39-41-43-46-49-52-55-58-64(67)70-61-62(60-69-63(66)57-54-51-48-45-42-21-18-15-12-9-6-3)71-65(68)59-56-53-50-47-44-40-23-20-17-14-11-8-5-2/h20,22-24,26-27,29-30,62H,4-19,21,25,28,31-61H2,1-3H3/b23-20-,24-22-,27-26-,30-29-. The average Bonchev–Trinajstić information content (AvgIpc) is 3.37. The lowest BCUT2D eigenvalue weighted by Gasteiger charge is -2.18. The van der Waals surface area contributed by atoms with Crippen LogP contribution in [0.2, 0.25) is 0 Å². The fourth-order valence-corrected chi connectivity index (χ4v) is 9.09. The highest BCUT2D eigenvalue weighted by molar-refractivity contribution is 5.71. The predicted octanol–water partition coefficient (Wildman–Crippen LogP) is 21.0. The Morgan fingerprint density at radius 1 is 0.282 bits per heavy atom. The van der Waals surface area contributed by atoms with E-state index in [0.29, 0.717) is 19.3 Å². The molecule has 0 saturated carbocycles. The van der Waals surface area contributed by atoms with E-state index < -0.39 is 6.10 Å². The Kier molecular flexibility index (Phi) is 57.7. The van der Waals surface area contributed by atoms with Gasteiger partial charge < -0.3 is 14.2 Å². The molecular weight excluding hydrogens is 877 g/mol. The zero-order chi connectivity index (χ0) is 51.4. The Morgan fingerprint density at radius 2 is 0.507 bits per heavy atom. The molecule has 1 unspecified atom stereocenters. The second-order valence-electron chi connectivity index (χ2n) is 21.0. The molecule has 0 aliphatic heterocycles. The van der Waals surface area contributed by atoms with Crippen LogP contribution in [0, 0.1) is 0 Å². The van der Waals surface area contributed by atoms with Crippen LogP contribution in [0.3, 0.4) is 0 Å². The lowest BCUT2D eigenvalue weighted by Crippen LogP contribution is -2.30. The SMILES string of the molecule is CCCCCC/C=C\CCCCCCCC(=O)OC(COC(=O)CCCCCCCCCCCCC)COC(=O)CCCCCCCCCCCCCCCC/C=C\C/C=C\C/C=C\CCCCCCC. The topological polar surface area (TPSA) is 78.9 Å². The van der Waals surface area contributed by atoms with E-state index in [0.717, 1.165) is 77.0 Å². The molecule has 414 valence electrons. The molecule has 0 radical (unpaired) electrons. The minimum absolute atomic E-state index is 0.0726. The molecule has 0 saturated heterocycles. The molecule has 0 heterocycles. The van der Waals surface area contributed by atoms with Gasteiger partial charge in [0.25, 0.3) is 0 Å². The summed E-state index contributed by atoms with van der Waals surface area (Å²) in [5.74, 6) is -0.867. The summed E-state index contributed by atoms with van der Waals surface area (Å²) in [5, 5.41) is 0. The Hall–Kier alpha value is -2.63. The Labute approximate surface area is 441 Å². The highest BCUT2D eigenvalue weighted by Gasteiger charge is 2.19. The lowest BCUT2D eigenvalue weighted by molar-refractivity contribution is -0.167. The molecule has 0 fully saturated rings. The molecule has 6 heteroatoms. The zero-order valence-electron chi connectivity index (χ0n) is 47.5. The van der Waals surface area contributed by atoms with Gasteiger partial charge in [0.1, 0.15) is 13.2 Å². The van der Waals surface area contributed by atoms with Crippen molar-refractivity contribution in [2.75, 3.05) is 13.2 Å². The van der Waals surface area contributed by atoms with Crippen LogP contribution in [-0.2, 0) is 28.6 Å². The molecule has 0 aromatic carbocycles. The van der Waals surface area contributed by atoms with Crippen molar-refractivity contribution >= 4 is 17.9 Å². The van der Waals surface area contributed by atoms with Gasteiger partial charge in [0.05, 0.1) is 0 Å². The zero-order valence-corrected chi connectivity index (χ0v) is 47.5. The van der Waals surface area contributed by atoms with Crippen LogP contribution in [0.25, 0.3) is 0 Å². The van der Waals surface area contributed by atoms with E-state index in [1.807, 2.05) is 0 Å². The molecule has 0 rings (SSSR count). The van der Waals surface area contributed by atoms with E-state index in [9.17, 15) is 14.4 Å². The highest BCUT2D eigenvalue weighted by Crippen LogP contribution is 2.17. The van der Waals surface area contributed by atoms with Crippen molar-refractivity contribution in [3.8, 4) is 0 Å². The minimum atomic E-state index is -0.774. The smallest absolute Gasteiger partial charge is 0.306 e. The lowest BCUT2D eigenvalue weighted by atomic mass is 10.0. The summed E-state index contributed by atoms with van der Waals surface area (Å²) in [6, 6.07) is 0. The van der Waals surface area contributed by atoms with Gasteiger partial charge in [0, 0.05) is 19.3 Å². The van der Waals surface area contributed by atoms with E-state index in [2.05, 4.69) is 69.4 Å². The number of unbranched alkanes of at least 4 members (excludes halogenated alkanes) is 38. The van der Waals surface area contributed by atoms with Crippen molar-refractivity contribution < 1.29 is 28.6 Å². The van der Waals surface area contributed by atoms with Crippen LogP contribution in [-0.4, -0.2) is 37.2 Å². The van der Waals surface area contributed by atoms with Crippen molar-refractivity contribution in [1.82, 2.24) is 0 Å². The maximum Gasteiger partial charge on any atom is 0.306 e. The number of allylic oxidation sites excluding steroid dienone is 8. The number of ether oxygens (including phenoxy) is 3. The molecule has 0 aliphatic rings. The number of hydrogen-bond acceptors (Lipinski definition) is 6. The summed E-state index contributed by atoms with van der Waals surface area (Å²) >= 11 is 0. The number of esters is 3. The number of carbonyl (C=O) groups excluding carboxylic acids is 3. The quantitative estimate of drug-likeness (QED) is 0.0261. The van der Waals surface area contributed by atoms with E-state index >= 15 is 0 Å².